The van der Waals surface area contributed by atoms with Crippen LogP contribution in [0.4, 0.5) is 0 Å². The molecule has 0 heterocycles. The molecule has 0 N–H and O–H groups in total. The molecule has 0 atom stereocenters. The molecule has 0 aromatic rings. The zero-order valence-corrected chi connectivity index (χ0v) is 14.5. The second kappa shape index (κ2) is 14.5. The highest BCUT2D eigenvalue weighted by atomic mass is 29.2. The average molecular weight is 270 g/mol. The van der Waals surface area contributed by atoms with E-state index in [1.165, 1.54) is 73.2 Å². The number of rotatable bonds is 13. The summed E-state index contributed by atoms with van der Waals surface area (Å²) in [4.78, 5) is 0. The van der Waals surface area contributed by atoms with Gasteiger partial charge in [-0.15, -0.1) is 0 Å². The highest BCUT2D eigenvalue weighted by Gasteiger charge is 2.08. The number of hydrogen-bond donors (Lipinski definition) is 0. The van der Waals surface area contributed by atoms with Crippen molar-refractivity contribution in [1.82, 2.24) is 0 Å². The molecule has 0 spiro atoms. The van der Waals surface area contributed by atoms with Gasteiger partial charge in [-0.25, -0.2) is 0 Å². The van der Waals surface area contributed by atoms with Gasteiger partial charge in [0.2, 0.25) is 0 Å². The monoisotopic (exact) mass is 269 g/mol. The van der Waals surface area contributed by atoms with E-state index in [2.05, 4.69) is 20.4 Å². The summed E-state index contributed by atoms with van der Waals surface area (Å²) < 4.78 is 0. The molecular formula is C15H33Si2. The second-order valence-corrected chi connectivity index (χ2v) is 11.5. The fourth-order valence-electron chi connectivity index (χ4n) is 2.26. The SMILES string of the molecule is CCCCCCC[Si](CCCCCCC)[Si]C. The summed E-state index contributed by atoms with van der Waals surface area (Å²) in [5.74, 6) is 0. The van der Waals surface area contributed by atoms with Crippen LogP contribution in [0.25, 0.3) is 0 Å². The van der Waals surface area contributed by atoms with Crippen molar-refractivity contribution in [3.8, 4) is 0 Å². The standard InChI is InChI=1S/C15H33Si2/c1-4-6-8-10-12-14-17(16-3)15-13-11-9-7-5-2/h4-15H2,1-3H3. The van der Waals surface area contributed by atoms with Crippen LogP contribution in [0, 0.1) is 0 Å². The highest BCUT2D eigenvalue weighted by Crippen LogP contribution is 2.13. The first-order valence-corrected chi connectivity index (χ1v) is 12.3. The summed E-state index contributed by atoms with van der Waals surface area (Å²) in [7, 11) is 1.34. The Hall–Kier alpha value is 0.434. The average Bonchev–Trinajstić information content (AvgIpc) is 2.36. The lowest BCUT2D eigenvalue weighted by Gasteiger charge is -2.12. The van der Waals surface area contributed by atoms with Crippen LogP contribution in [0.1, 0.15) is 78.1 Å². The number of hydrogen-bond acceptors (Lipinski definition) is 0. The van der Waals surface area contributed by atoms with Gasteiger partial charge in [0.15, 0.2) is 0 Å². The molecule has 0 saturated carbocycles. The van der Waals surface area contributed by atoms with Gasteiger partial charge in [0.1, 0.15) is 0 Å². The summed E-state index contributed by atoms with van der Waals surface area (Å²) in [5, 5.41) is 0. The molecule has 2 heteroatoms. The Balaban J connectivity index is 3.30. The summed E-state index contributed by atoms with van der Waals surface area (Å²) in [5.41, 5.74) is 0. The van der Waals surface area contributed by atoms with Gasteiger partial charge >= 0.3 is 0 Å². The zero-order valence-electron chi connectivity index (χ0n) is 12.5. The molecule has 3 radical (unpaired) electrons. The lowest BCUT2D eigenvalue weighted by atomic mass is 10.2. The molecular weight excluding hydrogens is 236 g/mol. The van der Waals surface area contributed by atoms with E-state index in [0.29, 0.717) is 0 Å². The quantitative estimate of drug-likeness (QED) is 0.298. The van der Waals surface area contributed by atoms with Crippen molar-refractivity contribution in [2.75, 3.05) is 0 Å². The first-order valence-electron chi connectivity index (χ1n) is 7.87. The van der Waals surface area contributed by atoms with Gasteiger partial charge < -0.3 is 0 Å². The van der Waals surface area contributed by atoms with Gasteiger partial charge in [-0.05, 0) is 0 Å². The van der Waals surface area contributed by atoms with Crippen molar-refractivity contribution in [1.29, 1.82) is 0 Å². The zero-order chi connectivity index (χ0) is 12.8. The summed E-state index contributed by atoms with van der Waals surface area (Å²) >= 11 is 0. The van der Waals surface area contributed by atoms with E-state index in [4.69, 9.17) is 0 Å². The minimum atomic E-state index is 0.0697. The molecule has 0 aliphatic heterocycles. The summed E-state index contributed by atoms with van der Waals surface area (Å²) in [6, 6.07) is 3.22. The third-order valence-corrected chi connectivity index (χ3v) is 9.76. The maximum absolute atomic E-state index is 2.45. The molecule has 0 aromatic heterocycles. The highest BCUT2D eigenvalue weighted by molar-refractivity contribution is 7.11. The minimum absolute atomic E-state index is 0.0697. The van der Waals surface area contributed by atoms with Gasteiger partial charge in [0.05, 0.1) is 0 Å². The van der Waals surface area contributed by atoms with Gasteiger partial charge in [0.25, 0.3) is 0 Å². The van der Waals surface area contributed by atoms with Crippen LogP contribution in [0.15, 0.2) is 0 Å². The van der Waals surface area contributed by atoms with Crippen molar-refractivity contribution < 1.29 is 0 Å². The molecule has 0 aliphatic rings. The summed E-state index contributed by atoms with van der Waals surface area (Å²) in [6.07, 6.45) is 14.7. The number of unbranched alkanes of at least 4 members (excludes halogenated alkanes) is 8. The second-order valence-electron chi connectivity index (χ2n) is 5.18. The molecule has 0 amide bonds. The smallest absolute Gasteiger partial charge is 0.0340 e. The van der Waals surface area contributed by atoms with E-state index < -0.39 is 0 Å². The van der Waals surface area contributed by atoms with E-state index in [-0.39, 0.29) is 8.31 Å². The van der Waals surface area contributed by atoms with Crippen LogP contribution in [0.3, 0.4) is 0 Å². The third kappa shape index (κ3) is 12.7. The Labute approximate surface area is 114 Å². The molecule has 0 saturated heterocycles. The van der Waals surface area contributed by atoms with Crippen molar-refractivity contribution in [2.24, 2.45) is 0 Å². The van der Waals surface area contributed by atoms with E-state index >= 15 is 0 Å². The first-order chi connectivity index (χ1) is 8.35. The lowest BCUT2D eigenvalue weighted by molar-refractivity contribution is 0.647. The van der Waals surface area contributed by atoms with E-state index in [1.54, 1.807) is 12.1 Å². The predicted molar refractivity (Wildman–Crippen MR) is 84.5 cm³/mol. The van der Waals surface area contributed by atoms with Crippen LogP contribution in [-0.4, -0.2) is 17.4 Å². The first kappa shape index (κ1) is 17.4. The van der Waals surface area contributed by atoms with E-state index in [1.807, 2.05) is 0 Å². The maximum Gasteiger partial charge on any atom is 0.0340 e. The Bertz CT molecular complexity index is 123. The van der Waals surface area contributed by atoms with Crippen LogP contribution in [-0.2, 0) is 0 Å². The molecule has 0 aromatic carbocycles. The largest absolute Gasteiger partial charge is 0.0756 e. The van der Waals surface area contributed by atoms with E-state index in [9.17, 15) is 0 Å². The Morgan fingerprint density at radius 1 is 0.647 bits per heavy atom. The Morgan fingerprint density at radius 3 is 1.41 bits per heavy atom. The molecule has 0 nitrogen and oxygen atoms in total. The van der Waals surface area contributed by atoms with Crippen LogP contribution < -0.4 is 0 Å². The van der Waals surface area contributed by atoms with Gasteiger partial charge in [0, 0.05) is 17.4 Å². The van der Waals surface area contributed by atoms with Crippen LogP contribution in [0.5, 0.6) is 0 Å². The maximum atomic E-state index is 2.45. The summed E-state index contributed by atoms with van der Waals surface area (Å²) in [6.45, 7) is 7.06. The fraction of sp³-hybridized carbons (Fsp3) is 1.00. The Morgan fingerprint density at radius 2 is 1.06 bits per heavy atom. The predicted octanol–water partition coefficient (Wildman–Crippen LogP) is 5.67. The van der Waals surface area contributed by atoms with Crippen molar-refractivity contribution in [3.05, 3.63) is 0 Å². The molecule has 0 aliphatic carbocycles. The van der Waals surface area contributed by atoms with Gasteiger partial charge in [-0.3, -0.25) is 0 Å². The Kier molecular flexibility index (Phi) is 14.9. The van der Waals surface area contributed by atoms with Gasteiger partial charge in [-0.1, -0.05) is 96.7 Å². The molecule has 17 heavy (non-hydrogen) atoms. The molecule has 0 rings (SSSR count). The van der Waals surface area contributed by atoms with Crippen LogP contribution >= 0.6 is 0 Å². The van der Waals surface area contributed by atoms with Crippen molar-refractivity contribution in [2.45, 2.75) is 96.7 Å². The molecule has 101 valence electrons. The van der Waals surface area contributed by atoms with Gasteiger partial charge in [-0.2, -0.15) is 0 Å². The molecule has 0 fully saturated rings. The molecule has 0 bridgehead atoms. The lowest BCUT2D eigenvalue weighted by Crippen LogP contribution is -2.19. The normalized spacial score (nSPS) is 11.3. The van der Waals surface area contributed by atoms with Crippen LogP contribution in [0.2, 0.25) is 18.6 Å². The van der Waals surface area contributed by atoms with Crippen molar-refractivity contribution >= 4 is 17.4 Å². The fourth-order valence-corrected chi connectivity index (χ4v) is 6.92. The van der Waals surface area contributed by atoms with E-state index in [0.717, 1.165) is 0 Å². The topological polar surface area (TPSA) is 0 Å². The van der Waals surface area contributed by atoms with Crippen molar-refractivity contribution in [3.63, 3.8) is 0 Å². The minimum Gasteiger partial charge on any atom is -0.0756 e. The molecule has 0 unspecified atom stereocenters. The third-order valence-electron chi connectivity index (χ3n) is 3.52.